The summed E-state index contributed by atoms with van der Waals surface area (Å²) in [5.41, 5.74) is 5.90. The first-order valence-electron chi connectivity index (χ1n) is 12.4. The van der Waals surface area contributed by atoms with Crippen LogP contribution in [0.25, 0.3) is 22.0 Å². The number of alkyl halides is 3. The Morgan fingerprint density at radius 1 is 0.974 bits per heavy atom. The Morgan fingerprint density at radius 2 is 1.84 bits per heavy atom. The Bertz CT molecular complexity index is 1620. The van der Waals surface area contributed by atoms with Gasteiger partial charge in [-0.25, -0.2) is 9.97 Å². The maximum absolute atomic E-state index is 13.1. The Hall–Kier alpha value is -4.40. The summed E-state index contributed by atoms with van der Waals surface area (Å²) in [6, 6.07) is 17.8. The molecule has 0 unspecified atom stereocenters. The van der Waals surface area contributed by atoms with Crippen molar-refractivity contribution in [2.75, 3.05) is 10.6 Å². The summed E-state index contributed by atoms with van der Waals surface area (Å²) in [4.78, 5) is 9.11. The maximum Gasteiger partial charge on any atom is 0.416 e. The molecule has 0 atom stereocenters. The monoisotopic (exact) mass is 514 g/mol. The van der Waals surface area contributed by atoms with E-state index in [-0.39, 0.29) is 0 Å². The highest BCUT2D eigenvalue weighted by Crippen LogP contribution is 2.45. The summed E-state index contributed by atoms with van der Waals surface area (Å²) < 4.78 is 41.0. The third kappa shape index (κ3) is 5.18. The fraction of sp³-hybridized carbons (Fsp3) is 0.207. The van der Waals surface area contributed by atoms with Gasteiger partial charge in [-0.15, -0.1) is 0 Å². The zero-order chi connectivity index (χ0) is 26.3. The average molecular weight is 515 g/mol. The molecule has 9 heteroatoms. The summed E-state index contributed by atoms with van der Waals surface area (Å²) >= 11 is 0. The van der Waals surface area contributed by atoms with Gasteiger partial charge in [-0.05, 0) is 77.4 Å². The lowest BCUT2D eigenvalue weighted by Gasteiger charge is -2.14. The van der Waals surface area contributed by atoms with Crippen LogP contribution in [0.5, 0.6) is 0 Å². The maximum atomic E-state index is 13.1. The normalized spacial score (nSPS) is 13.6. The first kappa shape index (κ1) is 24.0. The smallest absolute Gasteiger partial charge is 0.381 e. The van der Waals surface area contributed by atoms with E-state index in [0.29, 0.717) is 24.1 Å². The van der Waals surface area contributed by atoms with Gasteiger partial charge in [-0.3, -0.25) is 4.68 Å². The first-order chi connectivity index (χ1) is 18.3. The third-order valence-electron chi connectivity index (χ3n) is 6.67. The molecule has 1 aliphatic rings. The van der Waals surface area contributed by atoms with Crippen LogP contribution >= 0.6 is 0 Å². The fourth-order valence-electron chi connectivity index (χ4n) is 4.60. The Labute approximate surface area is 217 Å². The molecule has 2 aromatic heterocycles. The molecule has 192 valence electrons. The molecule has 0 spiro atoms. The number of nitrogens with zero attached hydrogens (tertiary/aromatic N) is 4. The third-order valence-corrected chi connectivity index (χ3v) is 6.67. The molecule has 0 radical (unpaired) electrons. The number of benzene rings is 3. The molecular formula is C29H25F3N6. The first-order valence-corrected chi connectivity index (χ1v) is 12.4. The second kappa shape index (κ2) is 9.48. The van der Waals surface area contributed by atoms with E-state index in [9.17, 15) is 13.2 Å². The summed E-state index contributed by atoms with van der Waals surface area (Å²) in [5.74, 6) is 1.04. The van der Waals surface area contributed by atoms with Crippen molar-refractivity contribution in [2.24, 2.45) is 7.05 Å². The van der Waals surface area contributed by atoms with E-state index in [1.54, 1.807) is 23.1 Å². The van der Waals surface area contributed by atoms with Crippen LogP contribution in [0.2, 0.25) is 0 Å². The minimum absolute atomic E-state index is 0.416. The van der Waals surface area contributed by atoms with Crippen molar-refractivity contribution in [3.63, 3.8) is 0 Å². The van der Waals surface area contributed by atoms with Crippen LogP contribution in [0.1, 0.15) is 35.4 Å². The molecule has 2 N–H and O–H groups in total. The lowest BCUT2D eigenvalue weighted by molar-refractivity contribution is -0.137. The quantitative estimate of drug-likeness (QED) is 0.239. The molecule has 38 heavy (non-hydrogen) atoms. The zero-order valence-electron chi connectivity index (χ0n) is 20.6. The molecule has 0 saturated heterocycles. The van der Waals surface area contributed by atoms with Gasteiger partial charge < -0.3 is 10.6 Å². The van der Waals surface area contributed by atoms with Gasteiger partial charge in [0.05, 0.1) is 23.0 Å². The Balaban J connectivity index is 1.26. The van der Waals surface area contributed by atoms with Crippen molar-refractivity contribution in [3.8, 4) is 11.1 Å². The molecule has 1 fully saturated rings. The predicted molar refractivity (Wildman–Crippen MR) is 142 cm³/mol. The molecule has 6 rings (SSSR count). The van der Waals surface area contributed by atoms with Crippen LogP contribution in [-0.2, 0) is 19.8 Å². The average Bonchev–Trinajstić information content (AvgIpc) is 3.68. The summed E-state index contributed by atoms with van der Waals surface area (Å²) in [7, 11) is 1.85. The SMILES string of the molecule is Cn1cc(Nc2ncc3cc(-c4cc(CNc5cccc(C(F)(F)F)c5)ccc4C4CC4)ccc3n2)cn1. The number of rotatable bonds is 7. The fourth-order valence-corrected chi connectivity index (χ4v) is 4.60. The van der Waals surface area contributed by atoms with E-state index in [4.69, 9.17) is 0 Å². The number of aryl methyl sites for hydroxylation is 1. The van der Waals surface area contributed by atoms with Crippen molar-refractivity contribution < 1.29 is 13.2 Å². The van der Waals surface area contributed by atoms with E-state index < -0.39 is 11.7 Å². The molecule has 5 aromatic rings. The number of hydrogen-bond donors (Lipinski definition) is 2. The van der Waals surface area contributed by atoms with Gasteiger partial charge in [0.15, 0.2) is 0 Å². The van der Waals surface area contributed by atoms with Gasteiger partial charge in [-0.2, -0.15) is 18.3 Å². The van der Waals surface area contributed by atoms with E-state index in [1.165, 1.54) is 11.6 Å². The molecule has 1 aliphatic carbocycles. The predicted octanol–water partition coefficient (Wildman–Crippen LogP) is 7.28. The number of aromatic nitrogens is 4. The Kier molecular flexibility index (Phi) is 5.98. The highest BCUT2D eigenvalue weighted by Gasteiger charge is 2.30. The van der Waals surface area contributed by atoms with Crippen molar-refractivity contribution in [1.29, 1.82) is 0 Å². The Morgan fingerprint density at radius 3 is 2.61 bits per heavy atom. The van der Waals surface area contributed by atoms with Crippen LogP contribution in [0.3, 0.4) is 0 Å². The van der Waals surface area contributed by atoms with Gasteiger partial charge >= 0.3 is 6.18 Å². The lowest BCUT2D eigenvalue weighted by Crippen LogP contribution is -2.06. The standard InChI is InChI=1S/C29H25F3N6/c1-38-17-24(16-35-38)36-28-34-15-21-12-20(8-10-27(21)37-28)26-11-18(5-9-25(26)19-6-7-19)14-33-23-4-2-3-22(13-23)29(30,31)32/h2-5,8-13,15-17,19,33H,6-7,14H2,1H3,(H,34,36,37). The second-order valence-corrected chi connectivity index (χ2v) is 9.62. The number of anilines is 3. The van der Waals surface area contributed by atoms with Crippen molar-refractivity contribution >= 4 is 28.2 Å². The largest absolute Gasteiger partial charge is 0.416 e. The van der Waals surface area contributed by atoms with Crippen molar-refractivity contribution in [1.82, 2.24) is 19.7 Å². The van der Waals surface area contributed by atoms with Gasteiger partial charge in [0.2, 0.25) is 5.95 Å². The number of nitrogens with one attached hydrogen (secondary N) is 2. The molecule has 2 heterocycles. The highest BCUT2D eigenvalue weighted by atomic mass is 19.4. The number of fused-ring (bicyclic) bond motifs is 1. The second-order valence-electron chi connectivity index (χ2n) is 9.62. The van der Waals surface area contributed by atoms with Crippen LogP contribution in [0.15, 0.2) is 79.3 Å². The molecule has 1 saturated carbocycles. The summed E-state index contributed by atoms with van der Waals surface area (Å²) in [5, 5.41) is 11.4. The minimum atomic E-state index is -4.37. The zero-order valence-corrected chi connectivity index (χ0v) is 20.6. The van der Waals surface area contributed by atoms with Gasteiger partial charge in [0, 0.05) is 37.1 Å². The van der Waals surface area contributed by atoms with Crippen molar-refractivity contribution in [2.45, 2.75) is 31.5 Å². The summed E-state index contributed by atoms with van der Waals surface area (Å²) in [6.45, 7) is 0.416. The molecule has 0 bridgehead atoms. The van der Waals surface area contributed by atoms with E-state index in [2.05, 4.69) is 56.0 Å². The number of hydrogen-bond acceptors (Lipinski definition) is 5. The van der Waals surface area contributed by atoms with Crippen LogP contribution in [0.4, 0.5) is 30.5 Å². The summed E-state index contributed by atoms with van der Waals surface area (Å²) in [6.07, 6.45) is 3.33. The topological polar surface area (TPSA) is 67.7 Å². The lowest BCUT2D eigenvalue weighted by atomic mass is 9.94. The molecular weight excluding hydrogens is 489 g/mol. The van der Waals surface area contributed by atoms with Gasteiger partial charge in [-0.1, -0.05) is 24.3 Å². The van der Waals surface area contributed by atoms with Crippen LogP contribution in [0, 0.1) is 0 Å². The molecule has 0 aliphatic heterocycles. The van der Waals surface area contributed by atoms with Crippen molar-refractivity contribution in [3.05, 3.63) is 95.9 Å². The van der Waals surface area contributed by atoms with E-state index in [0.717, 1.165) is 58.3 Å². The van der Waals surface area contributed by atoms with Crippen LogP contribution in [-0.4, -0.2) is 19.7 Å². The van der Waals surface area contributed by atoms with Crippen LogP contribution < -0.4 is 10.6 Å². The molecule has 0 amide bonds. The molecule has 6 nitrogen and oxygen atoms in total. The minimum Gasteiger partial charge on any atom is -0.381 e. The number of halogens is 3. The molecule has 3 aromatic carbocycles. The van der Waals surface area contributed by atoms with Gasteiger partial charge in [0.1, 0.15) is 0 Å². The van der Waals surface area contributed by atoms with E-state index in [1.807, 2.05) is 19.3 Å². The highest BCUT2D eigenvalue weighted by molar-refractivity contribution is 5.85. The van der Waals surface area contributed by atoms with Gasteiger partial charge in [0.25, 0.3) is 0 Å². The van der Waals surface area contributed by atoms with E-state index >= 15 is 0 Å².